The van der Waals surface area contributed by atoms with Crippen molar-refractivity contribution >= 4 is 9.84 Å². The van der Waals surface area contributed by atoms with Crippen LogP contribution in [-0.4, -0.2) is 14.2 Å². The van der Waals surface area contributed by atoms with Gasteiger partial charge in [-0.1, -0.05) is 37.3 Å². The van der Waals surface area contributed by atoms with Crippen molar-refractivity contribution in [3.63, 3.8) is 0 Å². The van der Waals surface area contributed by atoms with E-state index >= 15 is 0 Å². The van der Waals surface area contributed by atoms with Crippen molar-refractivity contribution in [1.29, 1.82) is 5.26 Å². The molecule has 0 amide bonds. The van der Waals surface area contributed by atoms with E-state index < -0.39 is 15.1 Å². The molecule has 74 valence electrons. The lowest BCUT2D eigenvalue weighted by atomic mass is 10.2. The molecule has 0 aliphatic rings. The minimum Gasteiger partial charge on any atom is -0.227 e. The topological polar surface area (TPSA) is 57.9 Å². The summed E-state index contributed by atoms with van der Waals surface area (Å²) in [5, 5.41) is 7.78. The van der Waals surface area contributed by atoms with Crippen LogP contribution in [-0.2, 0) is 9.84 Å². The minimum absolute atomic E-state index is 0.0138. The molecule has 0 aliphatic heterocycles. The fourth-order valence-electron chi connectivity index (χ4n) is 1.16. The molecule has 0 aromatic heterocycles. The molecule has 1 atom stereocenters. The first kappa shape index (κ1) is 10.7. The van der Waals surface area contributed by atoms with Gasteiger partial charge >= 0.3 is 0 Å². The highest BCUT2D eigenvalue weighted by atomic mass is 32.2. The van der Waals surface area contributed by atoms with E-state index in [1.165, 1.54) is 0 Å². The Kier molecular flexibility index (Phi) is 3.26. The number of nitriles is 1. The van der Waals surface area contributed by atoms with Crippen LogP contribution in [0.5, 0.6) is 0 Å². The monoisotopic (exact) mass is 209 g/mol. The summed E-state index contributed by atoms with van der Waals surface area (Å²) in [6.45, 7) is 1.54. The van der Waals surface area contributed by atoms with Gasteiger partial charge in [-0.15, -0.1) is 0 Å². The summed E-state index contributed by atoms with van der Waals surface area (Å²) < 4.78 is 23.0. The van der Waals surface area contributed by atoms with Gasteiger partial charge in [-0.2, -0.15) is 5.26 Å². The van der Waals surface area contributed by atoms with E-state index in [0.717, 1.165) is 0 Å². The molecular weight excluding hydrogens is 198 g/mol. The average molecular weight is 209 g/mol. The number of hydrogen-bond acceptors (Lipinski definition) is 3. The van der Waals surface area contributed by atoms with Gasteiger partial charge in [0.25, 0.3) is 0 Å². The van der Waals surface area contributed by atoms with Crippen molar-refractivity contribution in [2.75, 3.05) is 5.75 Å². The summed E-state index contributed by atoms with van der Waals surface area (Å²) in [6, 6.07) is 10.4. The van der Waals surface area contributed by atoms with Gasteiger partial charge in [0, 0.05) is 5.75 Å². The molecule has 0 spiro atoms. The van der Waals surface area contributed by atoms with E-state index in [0.29, 0.717) is 5.56 Å². The normalized spacial score (nSPS) is 13.1. The van der Waals surface area contributed by atoms with Crippen LogP contribution in [0.25, 0.3) is 0 Å². The second-order valence-electron chi connectivity index (χ2n) is 2.87. The standard InChI is InChI=1S/C10H11NO2S/c1-2-14(12,13)10(8-11)9-6-4-3-5-7-9/h3-7,10H,2H2,1H3. The van der Waals surface area contributed by atoms with Gasteiger partial charge in [-0.3, -0.25) is 0 Å². The van der Waals surface area contributed by atoms with E-state index in [4.69, 9.17) is 5.26 Å². The Labute approximate surface area is 83.9 Å². The summed E-state index contributed by atoms with van der Waals surface area (Å²) in [4.78, 5) is 0. The molecule has 1 aromatic carbocycles. The molecule has 0 radical (unpaired) electrons. The lowest BCUT2D eigenvalue weighted by Crippen LogP contribution is -2.13. The second-order valence-corrected chi connectivity index (χ2v) is 5.25. The average Bonchev–Trinajstić information content (AvgIpc) is 2.20. The smallest absolute Gasteiger partial charge is 0.173 e. The van der Waals surface area contributed by atoms with Crippen molar-refractivity contribution in [3.05, 3.63) is 35.9 Å². The molecule has 0 fully saturated rings. The number of benzene rings is 1. The van der Waals surface area contributed by atoms with Crippen LogP contribution in [0.3, 0.4) is 0 Å². The van der Waals surface area contributed by atoms with Crippen LogP contribution < -0.4 is 0 Å². The first-order valence-electron chi connectivity index (χ1n) is 4.28. The van der Waals surface area contributed by atoms with Crippen LogP contribution >= 0.6 is 0 Å². The van der Waals surface area contributed by atoms with Gasteiger partial charge in [-0.05, 0) is 5.56 Å². The molecule has 4 heteroatoms. The lowest BCUT2D eigenvalue weighted by Gasteiger charge is -2.08. The van der Waals surface area contributed by atoms with E-state index in [2.05, 4.69) is 0 Å². The van der Waals surface area contributed by atoms with Crippen molar-refractivity contribution in [1.82, 2.24) is 0 Å². The Morgan fingerprint density at radius 3 is 2.36 bits per heavy atom. The quantitative estimate of drug-likeness (QED) is 0.761. The molecule has 0 saturated carbocycles. The molecule has 14 heavy (non-hydrogen) atoms. The van der Waals surface area contributed by atoms with Crippen LogP contribution in [0, 0.1) is 11.3 Å². The molecule has 0 bridgehead atoms. The first-order chi connectivity index (χ1) is 6.61. The van der Waals surface area contributed by atoms with Gasteiger partial charge < -0.3 is 0 Å². The fourth-order valence-corrected chi connectivity index (χ4v) is 2.22. The first-order valence-corrected chi connectivity index (χ1v) is 5.99. The number of nitrogens with zero attached hydrogens (tertiary/aromatic N) is 1. The summed E-state index contributed by atoms with van der Waals surface area (Å²) in [5.41, 5.74) is 0.539. The van der Waals surface area contributed by atoms with Gasteiger partial charge in [0.1, 0.15) is 0 Å². The maximum Gasteiger partial charge on any atom is 0.173 e. The predicted octanol–water partition coefficient (Wildman–Crippen LogP) is 1.69. The zero-order chi connectivity index (χ0) is 10.6. The Morgan fingerprint density at radius 1 is 1.36 bits per heavy atom. The SMILES string of the molecule is CCS(=O)(=O)C(C#N)c1ccccc1. The molecular formula is C10H11NO2S. The van der Waals surface area contributed by atoms with Crippen molar-refractivity contribution in [3.8, 4) is 6.07 Å². The Bertz CT molecular complexity index is 431. The van der Waals surface area contributed by atoms with Crippen molar-refractivity contribution in [2.45, 2.75) is 12.2 Å². The van der Waals surface area contributed by atoms with Gasteiger partial charge in [-0.25, -0.2) is 8.42 Å². The highest BCUT2D eigenvalue weighted by Gasteiger charge is 2.24. The lowest BCUT2D eigenvalue weighted by molar-refractivity contribution is 0.592. The third-order valence-electron chi connectivity index (χ3n) is 1.98. The largest absolute Gasteiger partial charge is 0.227 e. The zero-order valence-corrected chi connectivity index (χ0v) is 8.66. The maximum atomic E-state index is 11.5. The van der Waals surface area contributed by atoms with Gasteiger partial charge in [0.05, 0.1) is 6.07 Å². The van der Waals surface area contributed by atoms with Crippen molar-refractivity contribution in [2.24, 2.45) is 0 Å². The molecule has 1 unspecified atom stereocenters. The molecule has 1 rings (SSSR count). The maximum absolute atomic E-state index is 11.5. The summed E-state index contributed by atoms with van der Waals surface area (Å²) in [6.07, 6.45) is 0. The molecule has 0 N–H and O–H groups in total. The third-order valence-corrected chi connectivity index (χ3v) is 3.88. The Balaban J connectivity index is 3.15. The minimum atomic E-state index is -3.32. The Hall–Kier alpha value is -1.34. The van der Waals surface area contributed by atoms with Crippen LogP contribution in [0.15, 0.2) is 30.3 Å². The predicted molar refractivity (Wildman–Crippen MR) is 54.3 cm³/mol. The van der Waals surface area contributed by atoms with Crippen molar-refractivity contribution < 1.29 is 8.42 Å². The number of hydrogen-bond donors (Lipinski definition) is 0. The number of sulfone groups is 1. The number of rotatable bonds is 3. The summed E-state index contributed by atoms with van der Waals surface area (Å²) >= 11 is 0. The summed E-state index contributed by atoms with van der Waals surface area (Å²) in [7, 11) is -3.32. The van der Waals surface area contributed by atoms with Crippen LogP contribution in [0.4, 0.5) is 0 Å². The van der Waals surface area contributed by atoms with E-state index in [-0.39, 0.29) is 5.75 Å². The van der Waals surface area contributed by atoms with E-state index in [1.54, 1.807) is 37.3 Å². The molecule has 1 aromatic rings. The second kappa shape index (κ2) is 4.25. The summed E-state index contributed by atoms with van der Waals surface area (Å²) in [5.74, 6) is -0.0138. The zero-order valence-electron chi connectivity index (χ0n) is 7.84. The van der Waals surface area contributed by atoms with E-state index in [1.807, 2.05) is 6.07 Å². The highest BCUT2D eigenvalue weighted by molar-refractivity contribution is 7.91. The molecule has 0 heterocycles. The van der Waals surface area contributed by atoms with E-state index in [9.17, 15) is 8.42 Å². The molecule has 3 nitrogen and oxygen atoms in total. The highest BCUT2D eigenvalue weighted by Crippen LogP contribution is 2.21. The van der Waals surface area contributed by atoms with Crippen LogP contribution in [0.1, 0.15) is 17.7 Å². The fraction of sp³-hybridized carbons (Fsp3) is 0.300. The Morgan fingerprint density at radius 2 is 1.93 bits per heavy atom. The van der Waals surface area contributed by atoms with Crippen LogP contribution in [0.2, 0.25) is 0 Å². The molecule has 0 saturated heterocycles. The third kappa shape index (κ3) is 2.12. The van der Waals surface area contributed by atoms with Gasteiger partial charge in [0.2, 0.25) is 0 Å². The van der Waals surface area contributed by atoms with Gasteiger partial charge in [0.15, 0.2) is 15.1 Å². The molecule has 0 aliphatic carbocycles.